The van der Waals surface area contributed by atoms with E-state index in [1.807, 2.05) is 0 Å². The first kappa shape index (κ1) is 26.6. The Morgan fingerprint density at radius 3 is 2.29 bits per heavy atom. The molecule has 1 aromatic rings. The SMILES string of the molecule is C[C@H](N)C(=O)N[C@@H](CCC(=O)O)C(=O)N1CCC[C@H]1C(=O)N[C@@H](Cc1ccc(O)cc1)C(=O)O. The summed E-state index contributed by atoms with van der Waals surface area (Å²) in [5, 5.41) is 32.8. The first-order chi connectivity index (χ1) is 16.0. The van der Waals surface area contributed by atoms with Gasteiger partial charge in [-0.15, -0.1) is 0 Å². The molecule has 0 bridgehead atoms. The fourth-order valence-electron chi connectivity index (χ4n) is 3.67. The lowest BCUT2D eigenvalue weighted by atomic mass is 10.0. The van der Waals surface area contributed by atoms with Gasteiger partial charge in [0.1, 0.15) is 23.9 Å². The highest BCUT2D eigenvalue weighted by Crippen LogP contribution is 2.20. The third-order valence-corrected chi connectivity index (χ3v) is 5.50. The van der Waals surface area contributed by atoms with Crippen LogP contribution in [0.25, 0.3) is 0 Å². The van der Waals surface area contributed by atoms with Crippen LogP contribution in [-0.2, 0) is 30.4 Å². The lowest BCUT2D eigenvalue weighted by molar-refractivity contribution is -0.145. The Balaban J connectivity index is 2.13. The Kier molecular flexibility index (Phi) is 9.36. The molecule has 1 heterocycles. The molecule has 0 saturated carbocycles. The summed E-state index contributed by atoms with van der Waals surface area (Å²) in [6.45, 7) is 1.62. The summed E-state index contributed by atoms with van der Waals surface area (Å²) in [6.07, 6.45) is 0.167. The molecule has 0 spiro atoms. The van der Waals surface area contributed by atoms with Crippen molar-refractivity contribution in [2.45, 2.75) is 63.2 Å². The highest BCUT2D eigenvalue weighted by molar-refractivity contribution is 5.94. The normalized spacial score (nSPS) is 17.9. The van der Waals surface area contributed by atoms with Gasteiger partial charge in [-0.25, -0.2) is 4.79 Å². The van der Waals surface area contributed by atoms with E-state index in [0.717, 1.165) is 0 Å². The number of carboxylic acids is 2. The zero-order chi connectivity index (χ0) is 25.4. The van der Waals surface area contributed by atoms with Crippen molar-refractivity contribution >= 4 is 29.7 Å². The largest absolute Gasteiger partial charge is 0.508 e. The van der Waals surface area contributed by atoms with E-state index in [9.17, 15) is 34.2 Å². The summed E-state index contributed by atoms with van der Waals surface area (Å²) in [5.74, 6) is -4.31. The maximum atomic E-state index is 13.1. The van der Waals surface area contributed by atoms with Crippen LogP contribution >= 0.6 is 0 Å². The van der Waals surface area contributed by atoms with Gasteiger partial charge in [0.05, 0.1) is 6.04 Å². The van der Waals surface area contributed by atoms with E-state index in [2.05, 4.69) is 10.6 Å². The second-order valence-electron chi connectivity index (χ2n) is 8.24. The molecule has 12 nitrogen and oxygen atoms in total. The number of carbonyl (C=O) groups excluding carboxylic acids is 3. The number of nitrogens with zero attached hydrogens (tertiary/aromatic N) is 1. The van der Waals surface area contributed by atoms with Gasteiger partial charge in [0, 0.05) is 19.4 Å². The van der Waals surface area contributed by atoms with Crippen LogP contribution < -0.4 is 16.4 Å². The summed E-state index contributed by atoms with van der Waals surface area (Å²) in [7, 11) is 0. The summed E-state index contributed by atoms with van der Waals surface area (Å²) in [6, 6.07) is 1.55. The maximum absolute atomic E-state index is 13.1. The van der Waals surface area contributed by atoms with Gasteiger partial charge in [-0.1, -0.05) is 12.1 Å². The van der Waals surface area contributed by atoms with Crippen LogP contribution in [0.3, 0.4) is 0 Å². The number of carboxylic acid groups (broad SMARTS) is 2. The molecule has 34 heavy (non-hydrogen) atoms. The number of carbonyl (C=O) groups is 5. The van der Waals surface area contributed by atoms with Crippen molar-refractivity contribution in [1.82, 2.24) is 15.5 Å². The van der Waals surface area contributed by atoms with Gasteiger partial charge in [0.2, 0.25) is 17.7 Å². The van der Waals surface area contributed by atoms with Crippen LogP contribution in [0.4, 0.5) is 0 Å². The molecule has 0 unspecified atom stereocenters. The number of hydrogen-bond donors (Lipinski definition) is 6. The number of benzene rings is 1. The summed E-state index contributed by atoms with van der Waals surface area (Å²) in [5.41, 5.74) is 6.12. The Hall–Kier alpha value is -3.67. The van der Waals surface area contributed by atoms with E-state index in [4.69, 9.17) is 10.8 Å². The molecule has 7 N–H and O–H groups in total. The quantitative estimate of drug-likeness (QED) is 0.235. The lowest BCUT2D eigenvalue weighted by Gasteiger charge is -2.29. The molecule has 3 amide bonds. The highest BCUT2D eigenvalue weighted by atomic mass is 16.4. The number of phenolic OH excluding ortho intramolecular Hbond substituents is 1. The molecule has 1 aliphatic rings. The minimum Gasteiger partial charge on any atom is -0.508 e. The van der Waals surface area contributed by atoms with E-state index >= 15 is 0 Å². The van der Waals surface area contributed by atoms with Crippen molar-refractivity contribution in [3.63, 3.8) is 0 Å². The summed E-state index contributed by atoms with van der Waals surface area (Å²) >= 11 is 0. The number of nitrogens with two attached hydrogens (primary N) is 1. The number of amides is 3. The van der Waals surface area contributed by atoms with Gasteiger partial charge in [0.25, 0.3) is 0 Å². The molecule has 0 aliphatic carbocycles. The predicted octanol–water partition coefficient (Wildman–Crippen LogP) is -0.808. The van der Waals surface area contributed by atoms with Gasteiger partial charge >= 0.3 is 11.9 Å². The van der Waals surface area contributed by atoms with Crippen LogP contribution in [0, 0.1) is 0 Å². The minimum absolute atomic E-state index is 0.0216. The van der Waals surface area contributed by atoms with Crippen molar-refractivity contribution in [3.8, 4) is 5.75 Å². The first-order valence-corrected chi connectivity index (χ1v) is 10.9. The predicted molar refractivity (Wildman–Crippen MR) is 119 cm³/mol. The van der Waals surface area contributed by atoms with Crippen LogP contribution in [0.15, 0.2) is 24.3 Å². The fourth-order valence-corrected chi connectivity index (χ4v) is 3.67. The molecule has 2 rings (SSSR count). The fraction of sp³-hybridized carbons (Fsp3) is 0.500. The average Bonchev–Trinajstić information content (AvgIpc) is 3.26. The highest BCUT2D eigenvalue weighted by Gasteiger charge is 2.39. The molecule has 1 aliphatic heterocycles. The average molecular weight is 479 g/mol. The van der Waals surface area contributed by atoms with Gasteiger partial charge in [0.15, 0.2) is 0 Å². The zero-order valence-corrected chi connectivity index (χ0v) is 18.8. The molecule has 4 atom stereocenters. The van der Waals surface area contributed by atoms with Crippen molar-refractivity contribution in [2.75, 3.05) is 6.54 Å². The second kappa shape index (κ2) is 12.0. The smallest absolute Gasteiger partial charge is 0.326 e. The van der Waals surface area contributed by atoms with Gasteiger partial charge in [-0.3, -0.25) is 19.2 Å². The first-order valence-electron chi connectivity index (χ1n) is 10.9. The van der Waals surface area contributed by atoms with Crippen LogP contribution in [0.2, 0.25) is 0 Å². The van der Waals surface area contributed by atoms with Gasteiger partial charge < -0.3 is 36.6 Å². The number of aromatic hydroxyl groups is 1. The molecular weight excluding hydrogens is 448 g/mol. The van der Waals surface area contributed by atoms with Crippen molar-refractivity contribution in [2.24, 2.45) is 5.73 Å². The van der Waals surface area contributed by atoms with Gasteiger partial charge in [-0.05, 0) is 43.9 Å². The van der Waals surface area contributed by atoms with Gasteiger partial charge in [-0.2, -0.15) is 0 Å². The van der Waals surface area contributed by atoms with Crippen molar-refractivity contribution in [3.05, 3.63) is 29.8 Å². The lowest BCUT2D eigenvalue weighted by Crippen LogP contribution is -2.56. The number of aliphatic carboxylic acids is 2. The molecule has 1 saturated heterocycles. The summed E-state index contributed by atoms with van der Waals surface area (Å²) in [4.78, 5) is 62.0. The number of rotatable bonds is 11. The van der Waals surface area contributed by atoms with E-state index in [1.165, 1.54) is 36.1 Å². The van der Waals surface area contributed by atoms with E-state index in [0.29, 0.717) is 12.0 Å². The Bertz CT molecular complexity index is 918. The Morgan fingerprint density at radius 1 is 1.09 bits per heavy atom. The number of hydrogen-bond acceptors (Lipinski definition) is 7. The monoisotopic (exact) mass is 478 g/mol. The van der Waals surface area contributed by atoms with E-state index < -0.39 is 53.8 Å². The summed E-state index contributed by atoms with van der Waals surface area (Å²) < 4.78 is 0. The van der Waals surface area contributed by atoms with Crippen LogP contribution in [-0.4, -0.2) is 80.6 Å². The Morgan fingerprint density at radius 2 is 1.74 bits per heavy atom. The zero-order valence-electron chi connectivity index (χ0n) is 18.8. The minimum atomic E-state index is -1.27. The van der Waals surface area contributed by atoms with Crippen molar-refractivity contribution < 1.29 is 39.3 Å². The molecule has 0 radical (unpaired) electrons. The molecule has 1 fully saturated rings. The third-order valence-electron chi connectivity index (χ3n) is 5.50. The topological polar surface area (TPSA) is 199 Å². The van der Waals surface area contributed by atoms with E-state index in [1.54, 1.807) is 0 Å². The van der Waals surface area contributed by atoms with Crippen LogP contribution in [0.1, 0.15) is 38.2 Å². The Labute approximate surface area is 196 Å². The standard InChI is InChI=1S/C22H30N4O8/c1-12(23)19(30)24-15(8-9-18(28)29)21(32)26-10-2-3-17(26)20(31)25-16(22(33)34)11-13-4-6-14(27)7-5-13/h4-7,12,15-17,27H,2-3,8-11,23H2,1H3,(H,24,30)(H,25,31)(H,28,29)(H,33,34)/t12-,15-,16-,17-/m0/s1. The molecule has 12 heteroatoms. The second-order valence-corrected chi connectivity index (χ2v) is 8.24. The van der Waals surface area contributed by atoms with Crippen molar-refractivity contribution in [1.29, 1.82) is 0 Å². The van der Waals surface area contributed by atoms with E-state index in [-0.39, 0.29) is 38.0 Å². The number of nitrogens with one attached hydrogen (secondary N) is 2. The molecule has 1 aromatic carbocycles. The number of likely N-dealkylation sites (tertiary alicyclic amines) is 1. The third kappa shape index (κ3) is 7.44. The molecule has 186 valence electrons. The molecular formula is C22H30N4O8. The number of phenols is 1. The van der Waals surface area contributed by atoms with Crippen LogP contribution in [0.5, 0.6) is 5.75 Å². The molecule has 0 aromatic heterocycles. The maximum Gasteiger partial charge on any atom is 0.326 e.